The molecule has 0 radical (unpaired) electrons. The van der Waals surface area contributed by atoms with Crippen LogP contribution in [0.4, 0.5) is 0 Å². The minimum atomic E-state index is 0.164. The molecular formula is C17H30N2. The summed E-state index contributed by atoms with van der Waals surface area (Å²) in [5.41, 5.74) is 3.01. The second-order valence-electron chi connectivity index (χ2n) is 6.96. The topological polar surface area (TPSA) is 15.3 Å². The molecule has 0 amide bonds. The molecular weight excluding hydrogens is 232 g/mol. The van der Waals surface area contributed by atoms with Crippen molar-refractivity contribution in [3.63, 3.8) is 0 Å². The Morgan fingerprint density at radius 2 is 1.68 bits per heavy atom. The van der Waals surface area contributed by atoms with E-state index in [1.54, 1.807) is 0 Å². The van der Waals surface area contributed by atoms with Gasteiger partial charge in [0.05, 0.1) is 0 Å². The van der Waals surface area contributed by atoms with E-state index in [4.69, 9.17) is 0 Å². The van der Waals surface area contributed by atoms with Gasteiger partial charge in [-0.25, -0.2) is 0 Å². The van der Waals surface area contributed by atoms with E-state index in [1.165, 1.54) is 11.1 Å². The van der Waals surface area contributed by atoms with Gasteiger partial charge in [-0.3, -0.25) is 0 Å². The van der Waals surface area contributed by atoms with Crippen LogP contribution < -0.4 is 5.32 Å². The molecule has 0 heterocycles. The first-order chi connectivity index (χ1) is 8.78. The molecule has 0 saturated carbocycles. The zero-order chi connectivity index (χ0) is 14.5. The zero-order valence-electron chi connectivity index (χ0n) is 13.5. The molecule has 1 aromatic rings. The summed E-state index contributed by atoms with van der Waals surface area (Å²) in [5, 5.41) is 3.57. The molecule has 0 aromatic heterocycles. The number of hydrogen-bond acceptors (Lipinski definition) is 2. The summed E-state index contributed by atoms with van der Waals surface area (Å²) in [7, 11) is 2.20. The predicted molar refractivity (Wildman–Crippen MR) is 84.2 cm³/mol. The summed E-state index contributed by atoms with van der Waals surface area (Å²) in [5.74, 6) is 0.713. The lowest BCUT2D eigenvalue weighted by Gasteiger charge is -2.24. The van der Waals surface area contributed by atoms with Crippen LogP contribution >= 0.6 is 0 Å². The van der Waals surface area contributed by atoms with Gasteiger partial charge in [-0.15, -0.1) is 0 Å². The normalized spacial score (nSPS) is 12.4. The second-order valence-corrected chi connectivity index (χ2v) is 6.96. The molecule has 0 saturated heterocycles. The summed E-state index contributed by atoms with van der Waals surface area (Å²) in [6.07, 6.45) is 0. The molecule has 0 atom stereocenters. The average molecular weight is 262 g/mol. The summed E-state index contributed by atoms with van der Waals surface area (Å²) in [6, 6.07) is 8.75. The van der Waals surface area contributed by atoms with Crippen LogP contribution in [0, 0.1) is 5.92 Å². The molecule has 108 valence electrons. The van der Waals surface area contributed by atoms with Gasteiger partial charge in [-0.1, -0.05) is 38.1 Å². The summed E-state index contributed by atoms with van der Waals surface area (Å²) in [4.78, 5) is 2.40. The molecule has 0 fully saturated rings. The fourth-order valence-electron chi connectivity index (χ4n) is 2.22. The minimum absolute atomic E-state index is 0.164. The fourth-order valence-corrected chi connectivity index (χ4v) is 2.22. The maximum Gasteiger partial charge on any atom is 0.0234 e. The molecule has 0 aliphatic heterocycles. The molecule has 1 N–H and O–H groups in total. The van der Waals surface area contributed by atoms with Crippen LogP contribution in [0.5, 0.6) is 0 Å². The SMILES string of the molecule is CC(C)CN(C)Cc1ccccc1CNC(C)(C)C. The van der Waals surface area contributed by atoms with Gasteiger partial charge >= 0.3 is 0 Å². The molecule has 1 aromatic carbocycles. The second kappa shape index (κ2) is 7.06. The smallest absolute Gasteiger partial charge is 0.0234 e. The Balaban J connectivity index is 2.67. The van der Waals surface area contributed by atoms with Crippen molar-refractivity contribution in [1.82, 2.24) is 10.2 Å². The number of hydrogen-bond donors (Lipinski definition) is 1. The third-order valence-electron chi connectivity index (χ3n) is 3.04. The minimum Gasteiger partial charge on any atom is -0.308 e. The molecule has 0 aliphatic carbocycles. The molecule has 19 heavy (non-hydrogen) atoms. The summed E-state index contributed by atoms with van der Waals surface area (Å²) >= 11 is 0. The number of benzene rings is 1. The molecule has 0 unspecified atom stereocenters. The Hall–Kier alpha value is -0.860. The third-order valence-corrected chi connectivity index (χ3v) is 3.04. The Kier molecular flexibility index (Phi) is 6.02. The highest BCUT2D eigenvalue weighted by atomic mass is 15.1. The largest absolute Gasteiger partial charge is 0.308 e. The van der Waals surface area contributed by atoms with Crippen molar-refractivity contribution in [2.45, 2.75) is 53.2 Å². The fraction of sp³-hybridized carbons (Fsp3) is 0.647. The van der Waals surface area contributed by atoms with Crippen LogP contribution in [-0.2, 0) is 13.1 Å². The van der Waals surface area contributed by atoms with E-state index >= 15 is 0 Å². The highest BCUT2D eigenvalue weighted by molar-refractivity contribution is 5.27. The quantitative estimate of drug-likeness (QED) is 0.841. The van der Waals surface area contributed by atoms with Crippen LogP contribution in [0.2, 0.25) is 0 Å². The summed E-state index contributed by atoms with van der Waals surface area (Å²) in [6.45, 7) is 14.3. The van der Waals surface area contributed by atoms with Crippen LogP contribution in [0.3, 0.4) is 0 Å². The van der Waals surface area contributed by atoms with Crippen LogP contribution in [0.25, 0.3) is 0 Å². The average Bonchev–Trinajstić information content (AvgIpc) is 2.25. The maximum atomic E-state index is 3.57. The highest BCUT2D eigenvalue weighted by Gasteiger charge is 2.11. The van der Waals surface area contributed by atoms with Crippen LogP contribution in [0.15, 0.2) is 24.3 Å². The Morgan fingerprint density at radius 3 is 2.21 bits per heavy atom. The first-order valence-corrected chi connectivity index (χ1v) is 7.28. The van der Waals surface area contributed by atoms with Gasteiger partial charge in [0, 0.05) is 25.2 Å². The molecule has 0 bridgehead atoms. The van der Waals surface area contributed by atoms with Crippen LogP contribution in [0.1, 0.15) is 45.7 Å². The Bertz CT molecular complexity index is 377. The van der Waals surface area contributed by atoms with Gasteiger partial charge in [-0.05, 0) is 44.9 Å². The molecule has 0 spiro atoms. The Morgan fingerprint density at radius 1 is 1.11 bits per heavy atom. The van der Waals surface area contributed by atoms with Crippen molar-refractivity contribution in [3.8, 4) is 0 Å². The Labute approximate surface area is 119 Å². The maximum absolute atomic E-state index is 3.57. The number of nitrogens with zero attached hydrogens (tertiary/aromatic N) is 1. The van der Waals surface area contributed by atoms with E-state index < -0.39 is 0 Å². The van der Waals surface area contributed by atoms with Gasteiger partial charge in [0.15, 0.2) is 0 Å². The van der Waals surface area contributed by atoms with E-state index in [0.717, 1.165) is 19.6 Å². The van der Waals surface area contributed by atoms with Gasteiger partial charge in [0.2, 0.25) is 0 Å². The van der Waals surface area contributed by atoms with Gasteiger partial charge in [0.25, 0.3) is 0 Å². The molecule has 0 aliphatic rings. The number of nitrogens with one attached hydrogen (secondary N) is 1. The summed E-state index contributed by atoms with van der Waals surface area (Å²) < 4.78 is 0. The number of rotatable bonds is 6. The van der Waals surface area contributed by atoms with E-state index in [0.29, 0.717) is 5.92 Å². The molecule has 2 heteroatoms. The van der Waals surface area contributed by atoms with Crippen LogP contribution in [-0.4, -0.2) is 24.0 Å². The van der Waals surface area contributed by atoms with Crippen molar-refractivity contribution < 1.29 is 0 Å². The van der Waals surface area contributed by atoms with Gasteiger partial charge < -0.3 is 10.2 Å². The van der Waals surface area contributed by atoms with E-state index in [9.17, 15) is 0 Å². The monoisotopic (exact) mass is 262 g/mol. The highest BCUT2D eigenvalue weighted by Crippen LogP contribution is 2.13. The third kappa shape index (κ3) is 6.74. The van der Waals surface area contributed by atoms with E-state index in [-0.39, 0.29) is 5.54 Å². The zero-order valence-corrected chi connectivity index (χ0v) is 13.5. The predicted octanol–water partition coefficient (Wildman–Crippen LogP) is 3.66. The lowest BCUT2D eigenvalue weighted by atomic mass is 10.0. The van der Waals surface area contributed by atoms with Crippen molar-refractivity contribution in [2.24, 2.45) is 5.92 Å². The van der Waals surface area contributed by atoms with Crippen molar-refractivity contribution in [1.29, 1.82) is 0 Å². The standard InChI is InChI=1S/C17H30N2/c1-14(2)12-19(6)13-16-10-8-7-9-15(16)11-18-17(3,4)5/h7-10,14,18H,11-13H2,1-6H3. The van der Waals surface area contributed by atoms with Gasteiger partial charge in [0.1, 0.15) is 0 Å². The van der Waals surface area contributed by atoms with Crippen molar-refractivity contribution in [3.05, 3.63) is 35.4 Å². The van der Waals surface area contributed by atoms with Crippen molar-refractivity contribution >= 4 is 0 Å². The first kappa shape index (κ1) is 16.2. The molecule has 2 nitrogen and oxygen atoms in total. The molecule has 1 rings (SSSR count). The lowest BCUT2D eigenvalue weighted by molar-refractivity contribution is 0.287. The lowest BCUT2D eigenvalue weighted by Crippen LogP contribution is -2.35. The van der Waals surface area contributed by atoms with Crippen molar-refractivity contribution in [2.75, 3.05) is 13.6 Å². The van der Waals surface area contributed by atoms with Gasteiger partial charge in [-0.2, -0.15) is 0 Å². The van der Waals surface area contributed by atoms with E-state index in [2.05, 4.69) is 76.1 Å². The van der Waals surface area contributed by atoms with E-state index in [1.807, 2.05) is 0 Å². The first-order valence-electron chi connectivity index (χ1n) is 7.28.